The molecule has 3 rings (SSSR count). The minimum atomic E-state index is -0.0839. The molecule has 16 heavy (non-hydrogen) atoms. The van der Waals surface area contributed by atoms with Crippen LogP contribution in [0.25, 0.3) is 11.0 Å². The minimum absolute atomic E-state index is 0.0410. The van der Waals surface area contributed by atoms with Gasteiger partial charge in [-0.2, -0.15) is 0 Å². The Morgan fingerprint density at radius 1 is 1.31 bits per heavy atom. The molecule has 1 N–H and O–H groups in total. The van der Waals surface area contributed by atoms with Gasteiger partial charge in [0.05, 0.1) is 10.4 Å². The summed E-state index contributed by atoms with van der Waals surface area (Å²) in [5, 5.41) is 10.1. The molecule has 3 nitrogen and oxygen atoms in total. The first kappa shape index (κ1) is 9.73. The number of phenols is 1. The Morgan fingerprint density at radius 2 is 2.12 bits per heavy atom. The van der Waals surface area contributed by atoms with Crippen LogP contribution in [0.2, 0.25) is 5.02 Å². The third-order valence-electron chi connectivity index (χ3n) is 2.97. The molecule has 82 valence electrons. The second-order valence-electron chi connectivity index (χ2n) is 3.99. The van der Waals surface area contributed by atoms with E-state index in [1.807, 2.05) is 0 Å². The Bertz CT molecular complexity index is 643. The Labute approximate surface area is 96.3 Å². The zero-order valence-electron chi connectivity index (χ0n) is 8.42. The molecule has 4 heteroatoms. The molecule has 0 fully saturated rings. The van der Waals surface area contributed by atoms with E-state index in [2.05, 4.69) is 0 Å². The van der Waals surface area contributed by atoms with E-state index in [9.17, 15) is 9.90 Å². The van der Waals surface area contributed by atoms with E-state index in [1.54, 1.807) is 0 Å². The van der Waals surface area contributed by atoms with Gasteiger partial charge in [0.1, 0.15) is 17.1 Å². The number of phenolic OH excluding ortho intramolecular Hbond substituents is 1. The maximum Gasteiger partial charge on any atom is 0.196 e. The summed E-state index contributed by atoms with van der Waals surface area (Å²) in [6, 6.07) is 2.87. The van der Waals surface area contributed by atoms with Crippen LogP contribution in [0.15, 0.2) is 21.3 Å². The van der Waals surface area contributed by atoms with Gasteiger partial charge in [-0.05, 0) is 18.9 Å². The van der Waals surface area contributed by atoms with Crippen molar-refractivity contribution in [3.63, 3.8) is 0 Å². The molecule has 1 aliphatic rings. The molecule has 0 spiro atoms. The molecule has 0 atom stereocenters. The normalized spacial score (nSPS) is 14.3. The maximum absolute atomic E-state index is 12.1. The molecule has 0 saturated heterocycles. The summed E-state index contributed by atoms with van der Waals surface area (Å²) in [4.78, 5) is 12.1. The highest BCUT2D eigenvalue weighted by atomic mass is 35.5. The van der Waals surface area contributed by atoms with Gasteiger partial charge in [-0.25, -0.2) is 0 Å². The zero-order valence-corrected chi connectivity index (χ0v) is 9.17. The van der Waals surface area contributed by atoms with E-state index in [0.29, 0.717) is 11.0 Å². The summed E-state index contributed by atoms with van der Waals surface area (Å²) in [7, 11) is 0. The largest absolute Gasteiger partial charge is 0.506 e. The van der Waals surface area contributed by atoms with Crippen molar-refractivity contribution in [1.29, 1.82) is 0 Å². The predicted molar refractivity (Wildman–Crippen MR) is 61.2 cm³/mol. The summed E-state index contributed by atoms with van der Waals surface area (Å²) in [5.41, 5.74) is 1.16. The summed E-state index contributed by atoms with van der Waals surface area (Å²) in [6.45, 7) is 0. The molecule has 0 unspecified atom stereocenters. The van der Waals surface area contributed by atoms with Crippen molar-refractivity contribution in [3.05, 3.63) is 38.7 Å². The SMILES string of the molecule is O=c1c2c(oc3cc(Cl)c(O)cc13)CCC2. The highest BCUT2D eigenvalue weighted by Gasteiger charge is 2.20. The van der Waals surface area contributed by atoms with Gasteiger partial charge < -0.3 is 9.52 Å². The van der Waals surface area contributed by atoms with Crippen molar-refractivity contribution in [3.8, 4) is 5.75 Å². The fourth-order valence-electron chi connectivity index (χ4n) is 2.17. The van der Waals surface area contributed by atoms with Gasteiger partial charge in [0, 0.05) is 18.1 Å². The molecule has 1 aromatic heterocycles. The lowest BCUT2D eigenvalue weighted by Gasteiger charge is -2.03. The molecule has 2 aromatic rings. The van der Waals surface area contributed by atoms with Crippen LogP contribution in [0.1, 0.15) is 17.7 Å². The van der Waals surface area contributed by atoms with Crippen LogP contribution >= 0.6 is 11.6 Å². The Balaban J connectivity index is 2.46. The molecular formula is C12H9ClO3. The molecule has 0 bridgehead atoms. The van der Waals surface area contributed by atoms with Gasteiger partial charge in [0.25, 0.3) is 0 Å². The number of rotatable bonds is 0. The predicted octanol–water partition coefficient (Wildman–Crippen LogP) is 2.64. The standard InChI is InChI=1S/C12H9ClO3/c13-8-5-11-7(4-9(8)14)12(15)6-2-1-3-10(6)16-11/h4-5,14H,1-3H2. The molecule has 0 saturated carbocycles. The topological polar surface area (TPSA) is 50.4 Å². The molecule has 0 radical (unpaired) electrons. The first-order chi connectivity index (χ1) is 7.66. The van der Waals surface area contributed by atoms with Crippen LogP contribution in [0.4, 0.5) is 0 Å². The molecule has 1 heterocycles. The monoisotopic (exact) mass is 236 g/mol. The van der Waals surface area contributed by atoms with Gasteiger partial charge in [-0.15, -0.1) is 0 Å². The summed E-state index contributed by atoms with van der Waals surface area (Å²) in [6.07, 6.45) is 2.51. The second-order valence-corrected chi connectivity index (χ2v) is 4.39. The number of hydrogen-bond donors (Lipinski definition) is 1. The Hall–Kier alpha value is -1.48. The highest BCUT2D eigenvalue weighted by Crippen LogP contribution is 2.30. The van der Waals surface area contributed by atoms with Crippen molar-refractivity contribution in [2.24, 2.45) is 0 Å². The van der Waals surface area contributed by atoms with Crippen molar-refractivity contribution in [1.82, 2.24) is 0 Å². The minimum Gasteiger partial charge on any atom is -0.506 e. The van der Waals surface area contributed by atoms with E-state index in [1.165, 1.54) is 12.1 Å². The smallest absolute Gasteiger partial charge is 0.196 e. The van der Waals surface area contributed by atoms with Gasteiger partial charge >= 0.3 is 0 Å². The third kappa shape index (κ3) is 1.25. The van der Waals surface area contributed by atoms with Gasteiger partial charge in [0.15, 0.2) is 5.43 Å². The van der Waals surface area contributed by atoms with Crippen LogP contribution < -0.4 is 5.43 Å². The maximum atomic E-state index is 12.1. The molecule has 1 aliphatic carbocycles. The van der Waals surface area contributed by atoms with Crippen LogP contribution in [0.3, 0.4) is 0 Å². The Morgan fingerprint density at radius 3 is 2.94 bits per heavy atom. The number of hydrogen-bond acceptors (Lipinski definition) is 3. The lowest BCUT2D eigenvalue weighted by molar-refractivity contribution is 0.475. The molecule has 0 amide bonds. The quantitative estimate of drug-likeness (QED) is 0.765. The van der Waals surface area contributed by atoms with Crippen LogP contribution in [0, 0.1) is 0 Å². The Kier molecular flexibility index (Phi) is 1.98. The number of benzene rings is 1. The fourth-order valence-corrected chi connectivity index (χ4v) is 2.32. The van der Waals surface area contributed by atoms with Crippen molar-refractivity contribution in [2.45, 2.75) is 19.3 Å². The average molecular weight is 237 g/mol. The van der Waals surface area contributed by atoms with Gasteiger partial charge in [0.2, 0.25) is 0 Å². The zero-order chi connectivity index (χ0) is 11.3. The number of fused-ring (bicyclic) bond motifs is 2. The summed E-state index contributed by atoms with van der Waals surface area (Å²) < 4.78 is 5.63. The lowest BCUT2D eigenvalue weighted by Crippen LogP contribution is -2.08. The number of halogens is 1. The number of aryl methyl sites for hydroxylation is 1. The van der Waals surface area contributed by atoms with Crippen molar-refractivity contribution in [2.75, 3.05) is 0 Å². The van der Waals surface area contributed by atoms with Crippen molar-refractivity contribution >= 4 is 22.6 Å². The lowest BCUT2D eigenvalue weighted by atomic mass is 10.1. The van der Waals surface area contributed by atoms with E-state index >= 15 is 0 Å². The van der Waals surface area contributed by atoms with E-state index in [0.717, 1.165) is 30.6 Å². The van der Waals surface area contributed by atoms with Gasteiger partial charge in [-0.1, -0.05) is 11.6 Å². The van der Waals surface area contributed by atoms with Gasteiger partial charge in [-0.3, -0.25) is 4.79 Å². The first-order valence-corrected chi connectivity index (χ1v) is 5.51. The highest BCUT2D eigenvalue weighted by molar-refractivity contribution is 6.32. The number of aromatic hydroxyl groups is 1. The van der Waals surface area contributed by atoms with Crippen LogP contribution in [-0.2, 0) is 12.8 Å². The fraction of sp³-hybridized carbons (Fsp3) is 0.250. The first-order valence-electron chi connectivity index (χ1n) is 5.14. The molecular weight excluding hydrogens is 228 g/mol. The molecule has 0 aliphatic heterocycles. The van der Waals surface area contributed by atoms with E-state index < -0.39 is 0 Å². The van der Waals surface area contributed by atoms with E-state index in [-0.39, 0.29) is 16.2 Å². The second kappa shape index (κ2) is 3.25. The van der Waals surface area contributed by atoms with Crippen LogP contribution in [-0.4, -0.2) is 5.11 Å². The van der Waals surface area contributed by atoms with E-state index in [4.69, 9.17) is 16.0 Å². The average Bonchev–Trinajstić information content (AvgIpc) is 2.70. The summed E-state index contributed by atoms with van der Waals surface area (Å²) >= 11 is 5.78. The summed E-state index contributed by atoms with van der Waals surface area (Å²) in [5.74, 6) is 0.679. The third-order valence-corrected chi connectivity index (χ3v) is 3.27. The van der Waals surface area contributed by atoms with Crippen molar-refractivity contribution < 1.29 is 9.52 Å². The molecule has 1 aromatic carbocycles. The van der Waals surface area contributed by atoms with Crippen LogP contribution in [0.5, 0.6) is 5.75 Å².